The van der Waals surface area contributed by atoms with E-state index in [4.69, 9.17) is 9.29 Å². The SMILES string of the molecule is CCOC(=O)c1cc(=O)n(-c2ccc(S(=O)(=O)O)cc2S(=O)(=O)O)[nH]1. The van der Waals surface area contributed by atoms with E-state index in [0.29, 0.717) is 10.7 Å². The smallest absolute Gasteiger partial charge is 0.356 e. The van der Waals surface area contributed by atoms with E-state index in [1.54, 1.807) is 0 Å². The predicted molar refractivity (Wildman–Crippen MR) is 82.0 cm³/mol. The number of ether oxygens (including phenoxy) is 1. The molecule has 25 heavy (non-hydrogen) atoms. The number of aromatic amines is 1. The van der Waals surface area contributed by atoms with Gasteiger partial charge in [-0.3, -0.25) is 19.0 Å². The highest BCUT2D eigenvalue weighted by Crippen LogP contribution is 2.22. The Kier molecular flexibility index (Phi) is 4.85. The second-order valence-electron chi connectivity index (χ2n) is 4.64. The van der Waals surface area contributed by atoms with Crippen molar-refractivity contribution in [2.45, 2.75) is 16.7 Å². The van der Waals surface area contributed by atoms with Crippen LogP contribution in [-0.2, 0) is 25.0 Å². The zero-order chi connectivity index (χ0) is 19.0. The van der Waals surface area contributed by atoms with Crippen molar-refractivity contribution in [1.82, 2.24) is 9.78 Å². The topological polar surface area (TPSA) is 173 Å². The maximum atomic E-state index is 12.0. The Bertz CT molecular complexity index is 1090. The van der Waals surface area contributed by atoms with E-state index in [1.165, 1.54) is 6.92 Å². The fourth-order valence-corrected chi connectivity index (χ4v) is 3.22. The second kappa shape index (κ2) is 6.44. The molecule has 1 aromatic heterocycles. The van der Waals surface area contributed by atoms with Crippen molar-refractivity contribution >= 4 is 26.2 Å². The summed E-state index contributed by atoms with van der Waals surface area (Å²) in [5.41, 5.74) is -1.62. The Labute approximate surface area is 141 Å². The Balaban J connectivity index is 2.72. The number of nitrogens with zero attached hydrogens (tertiary/aromatic N) is 1. The van der Waals surface area contributed by atoms with Crippen LogP contribution < -0.4 is 5.56 Å². The van der Waals surface area contributed by atoms with Gasteiger partial charge in [-0.05, 0) is 25.1 Å². The molecule has 136 valence electrons. The Morgan fingerprint density at radius 3 is 2.32 bits per heavy atom. The zero-order valence-corrected chi connectivity index (χ0v) is 14.2. The predicted octanol–water partition coefficient (Wildman–Crippen LogP) is -0.164. The van der Waals surface area contributed by atoms with E-state index in [2.05, 4.69) is 5.10 Å². The Morgan fingerprint density at radius 1 is 1.16 bits per heavy atom. The van der Waals surface area contributed by atoms with E-state index in [-0.39, 0.29) is 12.3 Å². The number of rotatable bonds is 5. The third kappa shape index (κ3) is 3.96. The van der Waals surface area contributed by atoms with Crippen LogP contribution in [0.1, 0.15) is 17.4 Å². The summed E-state index contributed by atoms with van der Waals surface area (Å²) < 4.78 is 68.9. The largest absolute Gasteiger partial charge is 0.461 e. The van der Waals surface area contributed by atoms with Gasteiger partial charge in [0.1, 0.15) is 10.6 Å². The lowest BCUT2D eigenvalue weighted by molar-refractivity contribution is 0.0519. The summed E-state index contributed by atoms with van der Waals surface area (Å²) in [5.74, 6) is -0.874. The van der Waals surface area contributed by atoms with E-state index in [1.807, 2.05) is 0 Å². The lowest BCUT2D eigenvalue weighted by atomic mass is 10.3. The standard InChI is InChI=1S/C12H12N2O9S2/c1-2-23-12(16)8-6-11(15)14(13-8)9-4-3-7(24(17,18)19)5-10(9)25(20,21)22/h3-6,13H,2H2,1H3,(H,17,18,19)(H,20,21,22). The van der Waals surface area contributed by atoms with Crippen molar-refractivity contribution < 1.29 is 35.5 Å². The quantitative estimate of drug-likeness (QED) is 0.461. The van der Waals surface area contributed by atoms with Crippen LogP contribution in [0.25, 0.3) is 5.69 Å². The summed E-state index contributed by atoms with van der Waals surface area (Å²) >= 11 is 0. The van der Waals surface area contributed by atoms with Crippen molar-refractivity contribution in [1.29, 1.82) is 0 Å². The lowest BCUT2D eigenvalue weighted by Gasteiger charge is -2.09. The minimum Gasteiger partial charge on any atom is -0.461 e. The van der Waals surface area contributed by atoms with Crippen LogP contribution in [0.4, 0.5) is 0 Å². The molecule has 0 unspecified atom stereocenters. The molecule has 2 rings (SSSR count). The van der Waals surface area contributed by atoms with Crippen LogP contribution in [-0.4, -0.2) is 48.3 Å². The van der Waals surface area contributed by atoms with Crippen LogP contribution >= 0.6 is 0 Å². The molecule has 0 spiro atoms. The number of carbonyl (C=O) groups is 1. The van der Waals surface area contributed by atoms with Gasteiger partial charge in [0.25, 0.3) is 25.8 Å². The highest BCUT2D eigenvalue weighted by molar-refractivity contribution is 7.86. The molecule has 0 fully saturated rings. The summed E-state index contributed by atoms with van der Waals surface area (Å²) in [5, 5.41) is 2.30. The summed E-state index contributed by atoms with van der Waals surface area (Å²) in [6, 6.07) is 2.98. The number of nitrogens with one attached hydrogen (secondary N) is 1. The monoisotopic (exact) mass is 392 g/mol. The first kappa shape index (κ1) is 18.9. The molecule has 0 bridgehead atoms. The molecule has 0 saturated carbocycles. The van der Waals surface area contributed by atoms with Gasteiger partial charge in [-0.1, -0.05) is 0 Å². The fraction of sp³-hybridized carbons (Fsp3) is 0.167. The highest BCUT2D eigenvalue weighted by Gasteiger charge is 2.23. The van der Waals surface area contributed by atoms with Gasteiger partial charge in [0.05, 0.1) is 17.2 Å². The van der Waals surface area contributed by atoms with Crippen LogP contribution in [0.2, 0.25) is 0 Å². The number of carbonyl (C=O) groups excluding carboxylic acids is 1. The first-order valence-electron chi connectivity index (χ1n) is 6.53. The van der Waals surface area contributed by atoms with Crippen molar-refractivity contribution in [2.24, 2.45) is 0 Å². The summed E-state index contributed by atoms with van der Waals surface area (Å²) in [7, 11) is -9.73. The molecule has 1 heterocycles. The van der Waals surface area contributed by atoms with Crippen LogP contribution in [0, 0.1) is 0 Å². The fourth-order valence-electron chi connectivity index (χ4n) is 1.93. The van der Waals surface area contributed by atoms with Crippen LogP contribution in [0.5, 0.6) is 0 Å². The third-order valence-electron chi connectivity index (χ3n) is 2.96. The average Bonchev–Trinajstić information content (AvgIpc) is 2.87. The molecule has 0 saturated heterocycles. The van der Waals surface area contributed by atoms with E-state index in [9.17, 15) is 31.0 Å². The third-order valence-corrected chi connectivity index (χ3v) is 4.70. The zero-order valence-electron chi connectivity index (χ0n) is 12.5. The molecule has 0 radical (unpaired) electrons. The molecule has 11 nitrogen and oxygen atoms in total. The van der Waals surface area contributed by atoms with Gasteiger partial charge in [-0.25, -0.2) is 9.48 Å². The van der Waals surface area contributed by atoms with Gasteiger partial charge < -0.3 is 4.74 Å². The first-order valence-corrected chi connectivity index (χ1v) is 9.41. The van der Waals surface area contributed by atoms with Crippen molar-refractivity contribution in [3.63, 3.8) is 0 Å². The number of aromatic nitrogens is 2. The van der Waals surface area contributed by atoms with E-state index in [0.717, 1.165) is 18.2 Å². The van der Waals surface area contributed by atoms with Gasteiger partial charge in [-0.15, -0.1) is 0 Å². The molecule has 2 aromatic rings. The number of H-pyrrole nitrogens is 1. The molecule has 0 aliphatic heterocycles. The Morgan fingerprint density at radius 2 is 1.80 bits per heavy atom. The van der Waals surface area contributed by atoms with E-state index < -0.39 is 47.2 Å². The van der Waals surface area contributed by atoms with Crippen LogP contribution in [0.3, 0.4) is 0 Å². The Hall–Kier alpha value is -2.48. The van der Waals surface area contributed by atoms with Gasteiger partial charge in [-0.2, -0.15) is 16.8 Å². The molecule has 0 atom stereocenters. The second-order valence-corrected chi connectivity index (χ2v) is 7.46. The van der Waals surface area contributed by atoms with Gasteiger partial charge in [0, 0.05) is 6.07 Å². The molecule has 13 heteroatoms. The number of esters is 1. The summed E-state index contributed by atoms with van der Waals surface area (Å²) in [6.45, 7) is 1.57. The van der Waals surface area contributed by atoms with E-state index >= 15 is 0 Å². The number of benzene rings is 1. The maximum absolute atomic E-state index is 12.0. The van der Waals surface area contributed by atoms with Gasteiger partial charge >= 0.3 is 5.97 Å². The van der Waals surface area contributed by atoms with Crippen molar-refractivity contribution in [2.75, 3.05) is 6.61 Å². The molecule has 3 N–H and O–H groups in total. The van der Waals surface area contributed by atoms with Gasteiger partial charge in [0.15, 0.2) is 0 Å². The highest BCUT2D eigenvalue weighted by atomic mass is 32.2. The minimum absolute atomic E-state index is 0.0331. The first-order chi connectivity index (χ1) is 11.4. The van der Waals surface area contributed by atoms with Gasteiger partial charge in [0.2, 0.25) is 0 Å². The molecule has 0 amide bonds. The average molecular weight is 392 g/mol. The van der Waals surface area contributed by atoms with Crippen molar-refractivity contribution in [3.05, 3.63) is 40.3 Å². The molecule has 1 aromatic carbocycles. The minimum atomic E-state index is -4.97. The molecule has 0 aliphatic rings. The maximum Gasteiger partial charge on any atom is 0.356 e. The normalized spacial score (nSPS) is 12.1. The van der Waals surface area contributed by atoms with Crippen molar-refractivity contribution in [3.8, 4) is 5.69 Å². The lowest BCUT2D eigenvalue weighted by Crippen LogP contribution is -2.17. The number of hydrogen-bond acceptors (Lipinski definition) is 7. The number of hydrogen-bond donors (Lipinski definition) is 3. The summed E-state index contributed by atoms with van der Waals surface area (Å²) in [4.78, 5) is 21.8. The summed E-state index contributed by atoms with van der Waals surface area (Å²) in [6.07, 6.45) is 0. The van der Waals surface area contributed by atoms with Crippen LogP contribution in [0.15, 0.2) is 38.9 Å². The molecular weight excluding hydrogens is 380 g/mol. The molecule has 0 aliphatic carbocycles. The molecular formula is C12H12N2O9S2.